The van der Waals surface area contributed by atoms with Gasteiger partial charge in [0.1, 0.15) is 0 Å². The van der Waals surface area contributed by atoms with Gasteiger partial charge in [-0.1, -0.05) is 6.92 Å². The van der Waals surface area contributed by atoms with Crippen LogP contribution in [0.4, 0.5) is 0 Å². The number of nitrogens with two attached hydrogens (primary N) is 1. The fraction of sp³-hybridized carbons (Fsp3) is 0.778. The fourth-order valence-corrected chi connectivity index (χ4v) is 1.52. The summed E-state index contributed by atoms with van der Waals surface area (Å²) < 4.78 is 0. The molecule has 74 valence electrons. The quantitative estimate of drug-likeness (QED) is 0.639. The Kier molecular flexibility index (Phi) is 3.28. The zero-order chi connectivity index (χ0) is 9.84. The summed E-state index contributed by atoms with van der Waals surface area (Å²) in [6, 6.07) is 0. The second-order valence-electron chi connectivity index (χ2n) is 3.71. The molecule has 1 aliphatic heterocycles. The van der Waals surface area contributed by atoms with Crippen LogP contribution in [0.2, 0.25) is 0 Å². The Morgan fingerprint density at radius 3 is 3.00 bits per heavy atom. The third-order valence-corrected chi connectivity index (χ3v) is 2.48. The van der Waals surface area contributed by atoms with Crippen LogP contribution in [0.1, 0.15) is 20.3 Å². The van der Waals surface area contributed by atoms with Crippen LogP contribution in [0, 0.1) is 11.8 Å². The standard InChI is InChI=1S/C9H17N3O/c1-6-3-9(10)12-5-8(6)4-11-7(2)13/h6,8H,3-5H2,1-2H3,(H2,10,12)(H,11,13)/t6-,8-/m1/s1. The van der Waals surface area contributed by atoms with E-state index < -0.39 is 0 Å². The summed E-state index contributed by atoms with van der Waals surface area (Å²) in [5.74, 6) is 1.72. The lowest BCUT2D eigenvalue weighted by Gasteiger charge is -2.26. The monoisotopic (exact) mass is 183 g/mol. The highest BCUT2D eigenvalue weighted by Crippen LogP contribution is 2.19. The molecule has 0 spiro atoms. The van der Waals surface area contributed by atoms with Gasteiger partial charge in [-0.2, -0.15) is 0 Å². The van der Waals surface area contributed by atoms with Crippen molar-refractivity contribution in [1.29, 1.82) is 0 Å². The molecule has 0 bridgehead atoms. The lowest BCUT2D eigenvalue weighted by Crippen LogP contribution is -2.36. The van der Waals surface area contributed by atoms with Crippen LogP contribution in [-0.4, -0.2) is 24.8 Å². The van der Waals surface area contributed by atoms with E-state index in [2.05, 4.69) is 17.2 Å². The molecule has 0 aromatic rings. The van der Waals surface area contributed by atoms with Crippen LogP contribution in [0.25, 0.3) is 0 Å². The summed E-state index contributed by atoms with van der Waals surface area (Å²) in [5.41, 5.74) is 5.61. The molecule has 0 saturated carbocycles. The van der Waals surface area contributed by atoms with Crippen LogP contribution in [0.15, 0.2) is 4.99 Å². The van der Waals surface area contributed by atoms with E-state index in [0.717, 1.165) is 18.8 Å². The molecule has 0 unspecified atom stereocenters. The van der Waals surface area contributed by atoms with Gasteiger partial charge in [0.15, 0.2) is 0 Å². The largest absolute Gasteiger partial charge is 0.387 e. The van der Waals surface area contributed by atoms with Gasteiger partial charge in [-0.05, 0) is 11.8 Å². The molecule has 0 aromatic heterocycles. The molecular weight excluding hydrogens is 166 g/mol. The maximum Gasteiger partial charge on any atom is 0.216 e. The van der Waals surface area contributed by atoms with Crippen molar-refractivity contribution in [2.24, 2.45) is 22.6 Å². The van der Waals surface area contributed by atoms with Crippen LogP contribution < -0.4 is 11.1 Å². The van der Waals surface area contributed by atoms with E-state index in [9.17, 15) is 4.79 Å². The molecule has 1 rings (SSSR count). The lowest BCUT2D eigenvalue weighted by molar-refractivity contribution is -0.119. The Bertz CT molecular complexity index is 225. The Labute approximate surface area is 78.6 Å². The first kappa shape index (κ1) is 10.0. The number of carbonyl (C=O) groups is 1. The van der Waals surface area contributed by atoms with Crippen molar-refractivity contribution >= 4 is 11.7 Å². The van der Waals surface area contributed by atoms with E-state index in [0.29, 0.717) is 18.4 Å². The number of aliphatic imine (C=N–C) groups is 1. The number of nitrogens with one attached hydrogen (secondary N) is 1. The summed E-state index contributed by atoms with van der Waals surface area (Å²) in [5, 5.41) is 2.81. The maximum atomic E-state index is 10.7. The molecule has 1 aliphatic rings. The van der Waals surface area contributed by atoms with E-state index in [1.165, 1.54) is 6.92 Å². The van der Waals surface area contributed by atoms with Gasteiger partial charge in [0.05, 0.1) is 5.84 Å². The Balaban J connectivity index is 2.39. The van der Waals surface area contributed by atoms with E-state index in [1.807, 2.05) is 0 Å². The first-order valence-corrected chi connectivity index (χ1v) is 4.63. The van der Waals surface area contributed by atoms with Crippen molar-refractivity contribution in [2.45, 2.75) is 20.3 Å². The first-order chi connectivity index (χ1) is 6.09. The van der Waals surface area contributed by atoms with Crippen molar-refractivity contribution < 1.29 is 4.79 Å². The summed E-state index contributed by atoms with van der Waals surface area (Å²) in [7, 11) is 0. The molecule has 2 atom stereocenters. The Morgan fingerprint density at radius 2 is 2.46 bits per heavy atom. The molecule has 4 nitrogen and oxygen atoms in total. The van der Waals surface area contributed by atoms with Crippen LogP contribution in [0.3, 0.4) is 0 Å². The Hall–Kier alpha value is -1.06. The van der Waals surface area contributed by atoms with Gasteiger partial charge in [-0.3, -0.25) is 9.79 Å². The average Bonchev–Trinajstić information content (AvgIpc) is 2.02. The summed E-state index contributed by atoms with van der Waals surface area (Å²) in [6.07, 6.45) is 0.851. The molecule has 0 fully saturated rings. The number of amidine groups is 1. The minimum absolute atomic E-state index is 0.0229. The molecule has 0 aromatic carbocycles. The minimum Gasteiger partial charge on any atom is -0.387 e. The van der Waals surface area contributed by atoms with Crippen LogP contribution in [0.5, 0.6) is 0 Å². The maximum absolute atomic E-state index is 10.7. The van der Waals surface area contributed by atoms with E-state index in [-0.39, 0.29) is 5.91 Å². The van der Waals surface area contributed by atoms with Gasteiger partial charge in [0.2, 0.25) is 5.91 Å². The summed E-state index contributed by atoms with van der Waals surface area (Å²) in [6.45, 7) is 5.14. The average molecular weight is 183 g/mol. The van der Waals surface area contributed by atoms with Crippen molar-refractivity contribution in [3.05, 3.63) is 0 Å². The Morgan fingerprint density at radius 1 is 1.77 bits per heavy atom. The van der Waals surface area contributed by atoms with Gasteiger partial charge in [0, 0.05) is 26.4 Å². The first-order valence-electron chi connectivity index (χ1n) is 4.63. The molecule has 3 N–H and O–H groups in total. The molecule has 1 amide bonds. The number of hydrogen-bond acceptors (Lipinski definition) is 3. The highest BCUT2D eigenvalue weighted by Gasteiger charge is 2.21. The predicted molar refractivity (Wildman–Crippen MR) is 52.4 cm³/mol. The molecule has 13 heavy (non-hydrogen) atoms. The van der Waals surface area contributed by atoms with Gasteiger partial charge >= 0.3 is 0 Å². The second kappa shape index (κ2) is 4.25. The number of carbonyl (C=O) groups excluding carboxylic acids is 1. The zero-order valence-electron chi connectivity index (χ0n) is 8.21. The van der Waals surface area contributed by atoms with Gasteiger partial charge in [-0.25, -0.2) is 0 Å². The van der Waals surface area contributed by atoms with Crippen molar-refractivity contribution in [2.75, 3.05) is 13.1 Å². The van der Waals surface area contributed by atoms with E-state index in [1.54, 1.807) is 0 Å². The molecular formula is C9H17N3O. The number of nitrogens with zero attached hydrogens (tertiary/aromatic N) is 1. The predicted octanol–water partition coefficient (Wildman–Crippen LogP) is 0.136. The SMILES string of the molecule is CC(=O)NC[C@@H]1CN=C(N)C[C@H]1C. The summed E-state index contributed by atoms with van der Waals surface area (Å²) in [4.78, 5) is 14.9. The molecule has 4 heteroatoms. The molecule has 1 heterocycles. The second-order valence-corrected chi connectivity index (χ2v) is 3.71. The minimum atomic E-state index is 0.0229. The van der Waals surface area contributed by atoms with Gasteiger partial charge in [0.25, 0.3) is 0 Å². The van der Waals surface area contributed by atoms with E-state index >= 15 is 0 Å². The van der Waals surface area contributed by atoms with E-state index in [4.69, 9.17) is 5.73 Å². The zero-order valence-corrected chi connectivity index (χ0v) is 8.21. The topological polar surface area (TPSA) is 67.5 Å². The third kappa shape index (κ3) is 3.05. The highest BCUT2D eigenvalue weighted by molar-refractivity contribution is 5.81. The highest BCUT2D eigenvalue weighted by atomic mass is 16.1. The summed E-state index contributed by atoms with van der Waals surface area (Å²) >= 11 is 0. The normalized spacial score (nSPS) is 28.0. The molecule has 0 aliphatic carbocycles. The van der Waals surface area contributed by atoms with Crippen molar-refractivity contribution in [3.8, 4) is 0 Å². The smallest absolute Gasteiger partial charge is 0.216 e. The molecule has 0 saturated heterocycles. The number of amides is 1. The molecule has 0 radical (unpaired) electrons. The lowest BCUT2D eigenvalue weighted by atomic mass is 9.88. The van der Waals surface area contributed by atoms with Crippen molar-refractivity contribution in [3.63, 3.8) is 0 Å². The van der Waals surface area contributed by atoms with Crippen LogP contribution in [-0.2, 0) is 4.79 Å². The van der Waals surface area contributed by atoms with Gasteiger partial charge in [-0.15, -0.1) is 0 Å². The number of rotatable bonds is 2. The number of hydrogen-bond donors (Lipinski definition) is 2. The van der Waals surface area contributed by atoms with Crippen LogP contribution >= 0.6 is 0 Å². The fourth-order valence-electron chi connectivity index (χ4n) is 1.52. The third-order valence-electron chi connectivity index (χ3n) is 2.48. The van der Waals surface area contributed by atoms with Gasteiger partial charge < -0.3 is 11.1 Å². The van der Waals surface area contributed by atoms with Crippen molar-refractivity contribution in [1.82, 2.24) is 5.32 Å².